The Balaban J connectivity index is 3.07. The summed E-state index contributed by atoms with van der Waals surface area (Å²) >= 11 is 0. The summed E-state index contributed by atoms with van der Waals surface area (Å²) < 4.78 is 15.5. The van der Waals surface area contributed by atoms with E-state index in [1.54, 1.807) is 13.8 Å². The summed E-state index contributed by atoms with van der Waals surface area (Å²) in [5, 5.41) is 9.74. The summed E-state index contributed by atoms with van der Waals surface area (Å²) in [6, 6.07) is 4.31. The standard InChI is InChI=1S/C22H31NO8/c1-12(2)14(4)20(26)29-13(3)10-22(23,21(27)28)11-17-7-8-18(30-15(5)24)19(9-17)31-16(6)25/h7-9,12-14H,10-11,23H2,1-6H3,(H,27,28)/t13-,14?,22?/m0/s1. The van der Waals surface area contributed by atoms with E-state index < -0.39 is 35.5 Å². The van der Waals surface area contributed by atoms with Gasteiger partial charge in [-0.1, -0.05) is 26.8 Å². The van der Waals surface area contributed by atoms with Gasteiger partial charge in [-0.05, 0) is 30.5 Å². The molecule has 0 fully saturated rings. The van der Waals surface area contributed by atoms with Gasteiger partial charge < -0.3 is 25.1 Å². The lowest BCUT2D eigenvalue weighted by Gasteiger charge is -2.29. The van der Waals surface area contributed by atoms with Gasteiger partial charge in [0, 0.05) is 26.7 Å². The first-order valence-electron chi connectivity index (χ1n) is 9.97. The van der Waals surface area contributed by atoms with Crippen LogP contribution in [0, 0.1) is 11.8 Å². The van der Waals surface area contributed by atoms with E-state index in [2.05, 4.69) is 0 Å². The van der Waals surface area contributed by atoms with Crippen molar-refractivity contribution in [3.05, 3.63) is 23.8 Å². The first-order chi connectivity index (χ1) is 14.2. The predicted molar refractivity (Wildman–Crippen MR) is 111 cm³/mol. The molecule has 1 aromatic carbocycles. The molecule has 1 rings (SSSR count). The molecule has 0 aliphatic carbocycles. The van der Waals surface area contributed by atoms with E-state index in [1.807, 2.05) is 13.8 Å². The summed E-state index contributed by atoms with van der Waals surface area (Å²) in [6.45, 7) is 9.49. The maximum absolute atomic E-state index is 12.2. The van der Waals surface area contributed by atoms with Crippen molar-refractivity contribution >= 4 is 23.9 Å². The van der Waals surface area contributed by atoms with Gasteiger partial charge in [-0.15, -0.1) is 0 Å². The summed E-state index contributed by atoms with van der Waals surface area (Å²) in [7, 11) is 0. The maximum atomic E-state index is 12.2. The Morgan fingerprint density at radius 3 is 2.03 bits per heavy atom. The first kappa shape index (κ1) is 26.1. The van der Waals surface area contributed by atoms with Crippen molar-refractivity contribution < 1.29 is 38.5 Å². The quantitative estimate of drug-likeness (QED) is 0.417. The fraction of sp³-hybridized carbons (Fsp3) is 0.545. The van der Waals surface area contributed by atoms with Crippen LogP contribution in [0.25, 0.3) is 0 Å². The van der Waals surface area contributed by atoms with Gasteiger partial charge in [0.2, 0.25) is 0 Å². The number of hydrogen-bond acceptors (Lipinski definition) is 8. The Morgan fingerprint density at radius 2 is 1.55 bits per heavy atom. The summed E-state index contributed by atoms with van der Waals surface area (Å²) in [6.07, 6.45) is -1.01. The van der Waals surface area contributed by atoms with E-state index in [9.17, 15) is 24.3 Å². The molecule has 3 atom stereocenters. The van der Waals surface area contributed by atoms with Gasteiger partial charge in [0.05, 0.1) is 5.92 Å². The lowest BCUT2D eigenvalue weighted by molar-refractivity contribution is -0.157. The minimum atomic E-state index is -1.75. The molecule has 0 saturated carbocycles. The molecule has 9 nitrogen and oxygen atoms in total. The van der Waals surface area contributed by atoms with E-state index in [0.717, 1.165) is 0 Å². The highest BCUT2D eigenvalue weighted by Gasteiger charge is 2.37. The van der Waals surface area contributed by atoms with Crippen LogP contribution < -0.4 is 15.2 Å². The Bertz CT molecular complexity index is 835. The van der Waals surface area contributed by atoms with E-state index in [4.69, 9.17) is 19.9 Å². The fourth-order valence-corrected chi connectivity index (χ4v) is 2.87. The molecule has 1 aromatic rings. The number of ether oxygens (including phenoxy) is 3. The fourth-order valence-electron chi connectivity index (χ4n) is 2.87. The molecule has 2 unspecified atom stereocenters. The second-order valence-corrected chi connectivity index (χ2v) is 8.09. The van der Waals surface area contributed by atoms with E-state index in [-0.39, 0.29) is 36.2 Å². The molecule has 0 radical (unpaired) electrons. The number of carbonyl (C=O) groups excluding carboxylic acids is 3. The van der Waals surface area contributed by atoms with Crippen LogP contribution in [0.2, 0.25) is 0 Å². The lowest BCUT2D eigenvalue weighted by Crippen LogP contribution is -2.52. The van der Waals surface area contributed by atoms with Crippen LogP contribution in [0.4, 0.5) is 0 Å². The number of benzene rings is 1. The normalized spacial score (nSPS) is 14.8. The molecule has 0 aromatic heterocycles. The number of carboxylic acids is 1. The second kappa shape index (κ2) is 10.9. The van der Waals surface area contributed by atoms with Crippen LogP contribution in [0.3, 0.4) is 0 Å². The van der Waals surface area contributed by atoms with Gasteiger partial charge in [-0.3, -0.25) is 19.2 Å². The smallest absolute Gasteiger partial charge is 0.324 e. The molecular formula is C22H31NO8. The van der Waals surface area contributed by atoms with Crippen molar-refractivity contribution in [2.75, 3.05) is 0 Å². The average Bonchev–Trinajstić information content (AvgIpc) is 2.61. The topological polar surface area (TPSA) is 142 Å². The van der Waals surface area contributed by atoms with Gasteiger partial charge in [0.15, 0.2) is 11.5 Å². The van der Waals surface area contributed by atoms with Crippen LogP contribution in [-0.4, -0.2) is 40.6 Å². The van der Waals surface area contributed by atoms with Crippen LogP contribution in [0.15, 0.2) is 18.2 Å². The van der Waals surface area contributed by atoms with Crippen molar-refractivity contribution in [1.82, 2.24) is 0 Å². The van der Waals surface area contributed by atoms with Crippen molar-refractivity contribution in [3.8, 4) is 11.5 Å². The molecular weight excluding hydrogens is 406 g/mol. The number of rotatable bonds is 10. The summed E-state index contributed by atoms with van der Waals surface area (Å²) in [4.78, 5) is 46.8. The van der Waals surface area contributed by atoms with Crippen molar-refractivity contribution in [3.63, 3.8) is 0 Å². The molecule has 0 spiro atoms. The number of carbonyl (C=O) groups is 4. The van der Waals surface area contributed by atoms with Gasteiger partial charge in [0.1, 0.15) is 11.6 Å². The second-order valence-electron chi connectivity index (χ2n) is 8.09. The third-order valence-electron chi connectivity index (χ3n) is 4.80. The van der Waals surface area contributed by atoms with E-state index in [0.29, 0.717) is 5.56 Å². The molecule has 0 bridgehead atoms. The molecule has 9 heteroatoms. The molecule has 0 heterocycles. The third-order valence-corrected chi connectivity index (χ3v) is 4.80. The van der Waals surface area contributed by atoms with E-state index in [1.165, 1.54) is 32.0 Å². The summed E-state index contributed by atoms with van der Waals surface area (Å²) in [5.41, 5.74) is 4.86. The third kappa shape index (κ3) is 8.01. The SMILES string of the molecule is CC(=O)Oc1ccc(CC(N)(C[C@H](C)OC(=O)C(C)C(C)C)C(=O)O)cc1OC(C)=O. The number of nitrogens with two attached hydrogens (primary N) is 1. The number of esters is 3. The Kier molecular flexibility index (Phi) is 9.18. The number of aliphatic carboxylic acids is 1. The molecule has 0 aliphatic rings. The Labute approximate surface area is 181 Å². The van der Waals surface area contributed by atoms with Crippen LogP contribution in [0.1, 0.15) is 53.5 Å². The lowest BCUT2D eigenvalue weighted by atomic mass is 9.86. The average molecular weight is 437 g/mol. The number of hydrogen-bond donors (Lipinski definition) is 2. The Morgan fingerprint density at radius 1 is 1.00 bits per heavy atom. The molecule has 31 heavy (non-hydrogen) atoms. The van der Waals surface area contributed by atoms with Crippen molar-refractivity contribution in [2.45, 2.75) is 66.0 Å². The minimum Gasteiger partial charge on any atom is -0.480 e. The highest BCUT2D eigenvalue weighted by atomic mass is 16.6. The highest BCUT2D eigenvalue weighted by molar-refractivity contribution is 5.79. The minimum absolute atomic E-state index is 0.0226. The van der Waals surface area contributed by atoms with Gasteiger partial charge in [-0.2, -0.15) is 0 Å². The summed E-state index contributed by atoms with van der Waals surface area (Å²) in [5.74, 6) is -3.19. The van der Waals surface area contributed by atoms with Gasteiger partial charge >= 0.3 is 23.9 Å². The van der Waals surface area contributed by atoms with Gasteiger partial charge in [0.25, 0.3) is 0 Å². The monoisotopic (exact) mass is 437 g/mol. The number of carboxylic acid groups (broad SMARTS) is 1. The van der Waals surface area contributed by atoms with Gasteiger partial charge in [-0.25, -0.2) is 0 Å². The molecule has 0 saturated heterocycles. The van der Waals surface area contributed by atoms with E-state index >= 15 is 0 Å². The zero-order chi connectivity index (χ0) is 23.9. The maximum Gasteiger partial charge on any atom is 0.324 e. The van der Waals surface area contributed by atoms with Crippen LogP contribution in [-0.2, 0) is 30.3 Å². The Hall–Kier alpha value is -2.94. The van der Waals surface area contributed by atoms with Crippen molar-refractivity contribution in [2.24, 2.45) is 17.6 Å². The van der Waals surface area contributed by atoms with Crippen molar-refractivity contribution in [1.29, 1.82) is 0 Å². The molecule has 0 amide bonds. The predicted octanol–water partition coefficient (Wildman–Crippen LogP) is 2.48. The molecule has 3 N–H and O–H groups in total. The van der Waals surface area contributed by atoms with Crippen LogP contribution >= 0.6 is 0 Å². The van der Waals surface area contributed by atoms with Crippen LogP contribution in [0.5, 0.6) is 11.5 Å². The molecule has 172 valence electrons. The highest BCUT2D eigenvalue weighted by Crippen LogP contribution is 2.31. The zero-order valence-corrected chi connectivity index (χ0v) is 18.8. The molecule has 0 aliphatic heterocycles. The largest absolute Gasteiger partial charge is 0.480 e. The first-order valence-corrected chi connectivity index (χ1v) is 9.97. The zero-order valence-electron chi connectivity index (χ0n) is 18.8.